The van der Waals surface area contributed by atoms with Gasteiger partial charge in [0.1, 0.15) is 5.75 Å². The van der Waals surface area contributed by atoms with E-state index in [2.05, 4.69) is 10.0 Å². The number of Topliss-reactive ketones (excluding diaryl/α,β-unsaturated/α-hetero) is 1. The van der Waals surface area contributed by atoms with Gasteiger partial charge in [0.25, 0.3) is 5.91 Å². The number of anilines is 1. The van der Waals surface area contributed by atoms with Gasteiger partial charge in [0.2, 0.25) is 10.0 Å². The van der Waals surface area contributed by atoms with E-state index in [9.17, 15) is 18.0 Å². The summed E-state index contributed by atoms with van der Waals surface area (Å²) in [5, 5.41) is 2.64. The van der Waals surface area contributed by atoms with Gasteiger partial charge in [-0.25, -0.2) is 13.1 Å². The van der Waals surface area contributed by atoms with E-state index in [1.807, 2.05) is 6.92 Å². The molecule has 0 unspecified atom stereocenters. The molecule has 8 heteroatoms. The highest BCUT2D eigenvalue weighted by molar-refractivity contribution is 7.89. The number of hydrogen-bond acceptors (Lipinski definition) is 5. The summed E-state index contributed by atoms with van der Waals surface area (Å²) >= 11 is 0. The highest BCUT2D eigenvalue weighted by Crippen LogP contribution is 2.16. The molecule has 2 aromatic rings. The van der Waals surface area contributed by atoms with Crippen LogP contribution >= 0.6 is 0 Å². The predicted molar refractivity (Wildman–Crippen MR) is 102 cm³/mol. The van der Waals surface area contributed by atoms with Crippen molar-refractivity contribution in [3.63, 3.8) is 0 Å². The van der Waals surface area contributed by atoms with Crippen molar-refractivity contribution in [2.24, 2.45) is 0 Å². The first-order valence-corrected chi connectivity index (χ1v) is 9.93. The SMILES string of the molecule is CCCNS(=O)(=O)c1ccc(OCC(=O)Nc2cccc(C(C)=O)c2)cc1. The van der Waals surface area contributed by atoms with E-state index in [1.54, 1.807) is 24.3 Å². The monoisotopic (exact) mass is 390 g/mol. The molecule has 1 amide bonds. The van der Waals surface area contributed by atoms with E-state index in [0.29, 0.717) is 30.0 Å². The van der Waals surface area contributed by atoms with Gasteiger partial charge in [0, 0.05) is 17.8 Å². The number of sulfonamides is 1. The lowest BCUT2D eigenvalue weighted by atomic mass is 10.1. The van der Waals surface area contributed by atoms with E-state index in [1.165, 1.54) is 31.2 Å². The summed E-state index contributed by atoms with van der Waals surface area (Å²) in [6.45, 7) is 3.45. The maximum atomic E-state index is 12.0. The second kappa shape index (κ2) is 9.29. The quantitative estimate of drug-likeness (QED) is 0.641. The van der Waals surface area contributed by atoms with E-state index < -0.39 is 15.9 Å². The highest BCUT2D eigenvalue weighted by atomic mass is 32.2. The lowest BCUT2D eigenvalue weighted by Crippen LogP contribution is -2.24. The summed E-state index contributed by atoms with van der Waals surface area (Å²) in [7, 11) is -3.53. The fourth-order valence-electron chi connectivity index (χ4n) is 2.20. The second-order valence-corrected chi connectivity index (χ2v) is 7.61. The molecule has 7 nitrogen and oxygen atoms in total. The van der Waals surface area contributed by atoms with Gasteiger partial charge in [-0.15, -0.1) is 0 Å². The molecule has 0 radical (unpaired) electrons. The zero-order valence-electron chi connectivity index (χ0n) is 15.2. The number of nitrogens with one attached hydrogen (secondary N) is 2. The predicted octanol–water partition coefficient (Wildman–Crippen LogP) is 2.60. The van der Waals surface area contributed by atoms with Crippen LogP contribution in [0.25, 0.3) is 0 Å². The molecule has 0 aliphatic carbocycles. The normalized spacial score (nSPS) is 11.0. The number of carbonyl (C=O) groups is 2. The first-order chi connectivity index (χ1) is 12.8. The number of amides is 1. The third kappa shape index (κ3) is 6.19. The third-order valence-electron chi connectivity index (χ3n) is 3.60. The molecule has 0 bridgehead atoms. The summed E-state index contributed by atoms with van der Waals surface area (Å²) in [6, 6.07) is 12.4. The first-order valence-electron chi connectivity index (χ1n) is 8.45. The van der Waals surface area contributed by atoms with Crippen LogP contribution in [-0.4, -0.2) is 33.3 Å². The number of carbonyl (C=O) groups excluding carboxylic acids is 2. The Morgan fingerprint density at radius 3 is 2.41 bits per heavy atom. The largest absolute Gasteiger partial charge is 0.484 e. The number of rotatable bonds is 9. The zero-order valence-corrected chi connectivity index (χ0v) is 16.0. The minimum atomic E-state index is -3.53. The molecule has 0 spiro atoms. The Kier molecular flexibility index (Phi) is 7.09. The second-order valence-electron chi connectivity index (χ2n) is 5.84. The minimum Gasteiger partial charge on any atom is -0.484 e. The Labute approximate surface area is 158 Å². The van der Waals surface area contributed by atoms with Crippen molar-refractivity contribution >= 4 is 27.4 Å². The van der Waals surface area contributed by atoms with E-state index in [4.69, 9.17) is 4.74 Å². The van der Waals surface area contributed by atoms with Crippen LogP contribution in [-0.2, 0) is 14.8 Å². The lowest BCUT2D eigenvalue weighted by Gasteiger charge is -2.09. The molecule has 0 aromatic heterocycles. The molecule has 27 heavy (non-hydrogen) atoms. The van der Waals surface area contributed by atoms with Gasteiger partial charge >= 0.3 is 0 Å². The van der Waals surface area contributed by atoms with Crippen LogP contribution < -0.4 is 14.8 Å². The molecule has 2 N–H and O–H groups in total. The van der Waals surface area contributed by atoms with Gasteiger partial charge in [-0.3, -0.25) is 9.59 Å². The fourth-order valence-corrected chi connectivity index (χ4v) is 3.33. The van der Waals surface area contributed by atoms with Crippen molar-refractivity contribution in [3.8, 4) is 5.75 Å². The van der Waals surface area contributed by atoms with Crippen LogP contribution in [0.2, 0.25) is 0 Å². The van der Waals surface area contributed by atoms with Gasteiger partial charge in [0.15, 0.2) is 12.4 Å². The molecule has 0 aliphatic rings. The van der Waals surface area contributed by atoms with Crippen LogP contribution in [0.15, 0.2) is 53.4 Å². The van der Waals surface area contributed by atoms with Gasteiger partial charge < -0.3 is 10.1 Å². The average Bonchev–Trinajstić information content (AvgIpc) is 2.65. The Hall–Kier alpha value is -2.71. The first kappa shape index (κ1) is 20.6. The van der Waals surface area contributed by atoms with Crippen LogP contribution in [0.3, 0.4) is 0 Å². The molecular weight excluding hydrogens is 368 g/mol. The highest BCUT2D eigenvalue weighted by Gasteiger charge is 2.13. The maximum Gasteiger partial charge on any atom is 0.262 e. The molecule has 0 saturated carbocycles. The average molecular weight is 390 g/mol. The molecule has 0 saturated heterocycles. The summed E-state index contributed by atoms with van der Waals surface area (Å²) in [5.74, 6) is -0.111. The number of benzene rings is 2. The molecule has 144 valence electrons. The van der Waals surface area contributed by atoms with E-state index in [-0.39, 0.29) is 17.3 Å². The Morgan fingerprint density at radius 1 is 1.07 bits per heavy atom. The van der Waals surface area contributed by atoms with Crippen LogP contribution in [0.1, 0.15) is 30.6 Å². The van der Waals surface area contributed by atoms with Crippen LogP contribution in [0.4, 0.5) is 5.69 Å². The zero-order chi connectivity index (χ0) is 19.9. The number of ketones is 1. The van der Waals surface area contributed by atoms with Gasteiger partial charge in [-0.05, 0) is 49.7 Å². The van der Waals surface area contributed by atoms with Gasteiger partial charge in [-0.1, -0.05) is 19.1 Å². The minimum absolute atomic E-state index is 0.0918. The Balaban J connectivity index is 1.92. The molecule has 0 aliphatic heterocycles. The molecule has 2 aromatic carbocycles. The van der Waals surface area contributed by atoms with Gasteiger partial charge in [-0.2, -0.15) is 0 Å². The molecular formula is C19H22N2O5S. The Morgan fingerprint density at radius 2 is 1.78 bits per heavy atom. The van der Waals surface area contributed by atoms with Crippen molar-refractivity contribution in [2.75, 3.05) is 18.5 Å². The summed E-state index contributed by atoms with van der Waals surface area (Å²) < 4.78 is 31.9. The van der Waals surface area contributed by atoms with Crippen molar-refractivity contribution in [1.29, 1.82) is 0 Å². The molecule has 0 atom stereocenters. The Bertz CT molecular complexity index is 908. The third-order valence-corrected chi connectivity index (χ3v) is 5.08. The van der Waals surface area contributed by atoms with Crippen molar-refractivity contribution in [2.45, 2.75) is 25.2 Å². The van der Waals surface area contributed by atoms with Gasteiger partial charge in [0.05, 0.1) is 4.90 Å². The molecule has 0 fully saturated rings. The summed E-state index contributed by atoms with van der Waals surface area (Å²) in [6.07, 6.45) is 0.699. The smallest absolute Gasteiger partial charge is 0.262 e. The topological polar surface area (TPSA) is 102 Å². The molecule has 0 heterocycles. The fraction of sp³-hybridized carbons (Fsp3) is 0.263. The lowest BCUT2D eigenvalue weighted by molar-refractivity contribution is -0.118. The van der Waals surface area contributed by atoms with E-state index >= 15 is 0 Å². The number of hydrogen-bond donors (Lipinski definition) is 2. The van der Waals surface area contributed by atoms with Crippen LogP contribution in [0, 0.1) is 0 Å². The van der Waals surface area contributed by atoms with Crippen molar-refractivity contribution in [1.82, 2.24) is 4.72 Å². The van der Waals surface area contributed by atoms with E-state index in [0.717, 1.165) is 0 Å². The summed E-state index contributed by atoms with van der Waals surface area (Å²) in [5.41, 5.74) is 1.00. The van der Waals surface area contributed by atoms with Crippen molar-refractivity contribution < 1.29 is 22.7 Å². The molecule has 2 rings (SSSR count). The van der Waals surface area contributed by atoms with Crippen LogP contribution in [0.5, 0.6) is 5.75 Å². The summed E-state index contributed by atoms with van der Waals surface area (Å²) in [4.78, 5) is 23.5. The van der Waals surface area contributed by atoms with Crippen molar-refractivity contribution in [3.05, 3.63) is 54.1 Å². The standard InChI is InChI=1S/C19H22N2O5S/c1-3-11-20-27(24,25)18-9-7-17(8-10-18)26-13-19(23)21-16-6-4-5-15(12-16)14(2)22/h4-10,12,20H,3,11,13H2,1-2H3,(H,21,23). The maximum absolute atomic E-state index is 12.0. The number of ether oxygens (including phenoxy) is 1.